The van der Waals surface area contributed by atoms with Gasteiger partial charge in [0, 0.05) is 18.1 Å². The van der Waals surface area contributed by atoms with E-state index in [-0.39, 0.29) is 6.04 Å². The Bertz CT molecular complexity index is 554. The Labute approximate surface area is 119 Å². The predicted molar refractivity (Wildman–Crippen MR) is 77.0 cm³/mol. The average molecular weight is 303 g/mol. The number of nitrogens with zero attached hydrogens (tertiary/aromatic N) is 1. The molecule has 1 heterocycles. The third kappa shape index (κ3) is 3.11. The SMILES string of the molecule is Cc1ccc(Cl)cc1S(=O)(=O)N(C)C1CCNCC1. The fourth-order valence-corrected chi connectivity index (χ4v) is 4.27. The summed E-state index contributed by atoms with van der Waals surface area (Å²) in [5.74, 6) is 0. The second-order valence-electron chi connectivity index (χ2n) is 4.91. The molecule has 106 valence electrons. The van der Waals surface area contributed by atoms with Gasteiger partial charge in [-0.1, -0.05) is 17.7 Å². The van der Waals surface area contributed by atoms with E-state index in [0.29, 0.717) is 9.92 Å². The third-order valence-corrected chi connectivity index (χ3v) is 5.92. The van der Waals surface area contributed by atoms with Gasteiger partial charge in [0.15, 0.2) is 0 Å². The van der Waals surface area contributed by atoms with Crippen molar-refractivity contribution in [1.82, 2.24) is 9.62 Å². The van der Waals surface area contributed by atoms with Gasteiger partial charge in [-0.3, -0.25) is 0 Å². The number of sulfonamides is 1. The zero-order valence-electron chi connectivity index (χ0n) is 11.2. The number of piperidine rings is 1. The number of hydrogen-bond acceptors (Lipinski definition) is 3. The van der Waals surface area contributed by atoms with Crippen LogP contribution in [0.3, 0.4) is 0 Å². The first kappa shape index (κ1) is 14.8. The highest BCUT2D eigenvalue weighted by atomic mass is 35.5. The fraction of sp³-hybridized carbons (Fsp3) is 0.538. The van der Waals surface area contributed by atoms with Crippen molar-refractivity contribution in [3.63, 3.8) is 0 Å². The van der Waals surface area contributed by atoms with E-state index < -0.39 is 10.0 Å². The van der Waals surface area contributed by atoms with E-state index in [1.807, 2.05) is 0 Å². The molecule has 1 aromatic carbocycles. The molecule has 1 aliphatic rings. The van der Waals surface area contributed by atoms with Gasteiger partial charge < -0.3 is 5.32 Å². The number of rotatable bonds is 3. The Morgan fingerprint density at radius 3 is 2.58 bits per heavy atom. The molecule has 0 amide bonds. The van der Waals surface area contributed by atoms with Crippen molar-refractivity contribution in [1.29, 1.82) is 0 Å². The summed E-state index contributed by atoms with van der Waals surface area (Å²) in [5, 5.41) is 3.69. The smallest absolute Gasteiger partial charge is 0.243 e. The van der Waals surface area contributed by atoms with Gasteiger partial charge in [0.1, 0.15) is 0 Å². The first-order chi connectivity index (χ1) is 8.93. The monoisotopic (exact) mass is 302 g/mol. The number of aryl methyl sites for hydroxylation is 1. The summed E-state index contributed by atoms with van der Waals surface area (Å²) in [6, 6.07) is 5.04. The molecular formula is C13H19ClN2O2S. The van der Waals surface area contributed by atoms with Gasteiger partial charge in [0.25, 0.3) is 0 Å². The molecule has 0 spiro atoms. The Balaban J connectivity index is 2.33. The molecule has 0 saturated carbocycles. The molecule has 19 heavy (non-hydrogen) atoms. The quantitative estimate of drug-likeness (QED) is 0.929. The van der Waals surface area contributed by atoms with Crippen LogP contribution < -0.4 is 5.32 Å². The second-order valence-corrected chi connectivity index (χ2v) is 7.31. The first-order valence-corrected chi connectivity index (χ1v) is 8.19. The molecular weight excluding hydrogens is 284 g/mol. The highest BCUT2D eigenvalue weighted by Crippen LogP contribution is 2.25. The molecule has 1 aliphatic heterocycles. The molecule has 0 aromatic heterocycles. The lowest BCUT2D eigenvalue weighted by molar-refractivity contribution is 0.296. The van der Waals surface area contributed by atoms with Crippen molar-refractivity contribution in [3.05, 3.63) is 28.8 Å². The van der Waals surface area contributed by atoms with Crippen molar-refractivity contribution < 1.29 is 8.42 Å². The third-order valence-electron chi connectivity index (χ3n) is 3.63. The maximum Gasteiger partial charge on any atom is 0.243 e. The van der Waals surface area contributed by atoms with Gasteiger partial charge in [0.05, 0.1) is 4.90 Å². The van der Waals surface area contributed by atoms with Gasteiger partial charge in [-0.05, 0) is 50.6 Å². The maximum atomic E-state index is 12.7. The molecule has 0 bridgehead atoms. The summed E-state index contributed by atoms with van der Waals surface area (Å²) in [4.78, 5) is 0.307. The summed E-state index contributed by atoms with van der Waals surface area (Å²) in [5.41, 5.74) is 0.727. The van der Waals surface area contributed by atoms with Crippen molar-refractivity contribution in [2.45, 2.75) is 30.7 Å². The van der Waals surface area contributed by atoms with E-state index in [9.17, 15) is 8.42 Å². The summed E-state index contributed by atoms with van der Waals surface area (Å²) in [6.07, 6.45) is 1.69. The number of hydrogen-bond donors (Lipinski definition) is 1. The molecule has 1 aromatic rings. The second kappa shape index (κ2) is 5.79. The number of benzene rings is 1. The normalized spacial score (nSPS) is 17.9. The van der Waals surface area contributed by atoms with Crippen LogP contribution in [0.4, 0.5) is 0 Å². The van der Waals surface area contributed by atoms with Crippen LogP contribution in [-0.4, -0.2) is 38.9 Å². The van der Waals surface area contributed by atoms with E-state index in [1.165, 1.54) is 10.4 Å². The van der Waals surface area contributed by atoms with Crippen LogP contribution in [0, 0.1) is 6.92 Å². The van der Waals surface area contributed by atoms with Crippen LogP contribution in [0.1, 0.15) is 18.4 Å². The minimum Gasteiger partial charge on any atom is -0.317 e. The highest BCUT2D eigenvalue weighted by molar-refractivity contribution is 7.89. The highest BCUT2D eigenvalue weighted by Gasteiger charge is 2.30. The van der Waals surface area contributed by atoms with Crippen LogP contribution in [0.15, 0.2) is 23.1 Å². The fourth-order valence-electron chi connectivity index (χ4n) is 2.37. The van der Waals surface area contributed by atoms with Gasteiger partial charge in [0.2, 0.25) is 10.0 Å². The molecule has 1 saturated heterocycles. The lowest BCUT2D eigenvalue weighted by atomic mass is 10.1. The zero-order valence-corrected chi connectivity index (χ0v) is 12.8. The van der Waals surface area contributed by atoms with Gasteiger partial charge >= 0.3 is 0 Å². The van der Waals surface area contributed by atoms with E-state index in [4.69, 9.17) is 11.6 Å². The Morgan fingerprint density at radius 2 is 1.95 bits per heavy atom. The zero-order chi connectivity index (χ0) is 14.0. The average Bonchev–Trinajstić information content (AvgIpc) is 2.41. The first-order valence-electron chi connectivity index (χ1n) is 6.38. The molecule has 2 rings (SSSR count). The van der Waals surface area contributed by atoms with E-state index >= 15 is 0 Å². The molecule has 0 atom stereocenters. The van der Waals surface area contributed by atoms with Gasteiger partial charge in [-0.25, -0.2) is 8.42 Å². The summed E-state index contributed by atoms with van der Waals surface area (Å²) < 4.78 is 26.8. The van der Waals surface area contributed by atoms with Crippen LogP contribution in [0.2, 0.25) is 5.02 Å². The van der Waals surface area contributed by atoms with Crippen LogP contribution in [-0.2, 0) is 10.0 Å². The minimum atomic E-state index is -3.47. The summed E-state index contributed by atoms with van der Waals surface area (Å²) in [6.45, 7) is 3.51. The van der Waals surface area contributed by atoms with Gasteiger partial charge in [-0.2, -0.15) is 4.31 Å². The molecule has 1 N–H and O–H groups in total. The topological polar surface area (TPSA) is 49.4 Å². The lowest BCUT2D eigenvalue weighted by Crippen LogP contribution is -2.44. The van der Waals surface area contributed by atoms with Gasteiger partial charge in [-0.15, -0.1) is 0 Å². The standard InChI is InChI=1S/C13H19ClN2O2S/c1-10-3-4-11(14)9-13(10)19(17,18)16(2)12-5-7-15-8-6-12/h3-4,9,12,15H,5-8H2,1-2H3. The molecule has 0 aliphatic carbocycles. The van der Waals surface area contributed by atoms with Crippen LogP contribution >= 0.6 is 11.6 Å². The van der Waals surface area contributed by atoms with Crippen molar-refractivity contribution in [3.8, 4) is 0 Å². The Kier molecular flexibility index (Phi) is 4.50. The molecule has 0 radical (unpaired) electrons. The van der Waals surface area contributed by atoms with E-state index in [0.717, 1.165) is 31.5 Å². The molecule has 0 unspecified atom stereocenters. The van der Waals surface area contributed by atoms with Crippen molar-refractivity contribution >= 4 is 21.6 Å². The van der Waals surface area contributed by atoms with Crippen LogP contribution in [0.25, 0.3) is 0 Å². The summed E-state index contributed by atoms with van der Waals surface area (Å²) >= 11 is 5.92. The lowest BCUT2D eigenvalue weighted by Gasteiger charge is -2.31. The predicted octanol–water partition coefficient (Wildman–Crippen LogP) is 2.02. The van der Waals surface area contributed by atoms with E-state index in [2.05, 4.69) is 5.32 Å². The molecule has 6 heteroatoms. The summed E-state index contributed by atoms with van der Waals surface area (Å²) in [7, 11) is -1.81. The Hall–Kier alpha value is -0.620. The Morgan fingerprint density at radius 1 is 1.32 bits per heavy atom. The van der Waals surface area contributed by atoms with Crippen molar-refractivity contribution in [2.75, 3.05) is 20.1 Å². The maximum absolute atomic E-state index is 12.7. The molecule has 1 fully saturated rings. The van der Waals surface area contributed by atoms with Crippen molar-refractivity contribution in [2.24, 2.45) is 0 Å². The van der Waals surface area contributed by atoms with E-state index in [1.54, 1.807) is 26.1 Å². The molecule has 4 nitrogen and oxygen atoms in total. The van der Waals surface area contributed by atoms with Crippen LogP contribution in [0.5, 0.6) is 0 Å². The number of nitrogens with one attached hydrogen (secondary N) is 1. The minimum absolute atomic E-state index is 0.0598. The largest absolute Gasteiger partial charge is 0.317 e. The number of halogens is 1.